The molecule has 0 spiro atoms. The van der Waals surface area contributed by atoms with E-state index in [1.807, 2.05) is 0 Å². The number of aliphatic carboxylic acids is 1. The van der Waals surface area contributed by atoms with E-state index in [1.165, 1.54) is 89.9 Å². The van der Waals surface area contributed by atoms with Gasteiger partial charge in [0.05, 0.1) is 0 Å². The zero-order valence-corrected chi connectivity index (χ0v) is 27.4. The van der Waals surface area contributed by atoms with Crippen LogP contribution in [0, 0.1) is 0 Å². The fraction of sp³-hybridized carbons (Fsp3) is 0.806. The molecule has 1 unspecified atom stereocenters. The van der Waals surface area contributed by atoms with E-state index >= 15 is 0 Å². The van der Waals surface area contributed by atoms with Gasteiger partial charge in [0.15, 0.2) is 0 Å². The van der Waals surface area contributed by atoms with Crippen LogP contribution in [0.4, 0.5) is 0 Å². The first-order valence-corrected chi connectivity index (χ1v) is 17.5. The molecule has 2 N–H and O–H groups in total. The van der Waals surface area contributed by atoms with Crippen molar-refractivity contribution in [3.63, 3.8) is 0 Å². The third-order valence-corrected chi connectivity index (χ3v) is 7.63. The summed E-state index contributed by atoms with van der Waals surface area (Å²) in [6.45, 7) is 4.12. The molecular formula is C36H65NO5. The van der Waals surface area contributed by atoms with Gasteiger partial charge in [-0.05, 0) is 70.6 Å². The Balaban J connectivity index is 3.87. The molecule has 0 saturated carbocycles. The van der Waals surface area contributed by atoms with E-state index in [0.29, 0.717) is 12.8 Å². The second-order valence-corrected chi connectivity index (χ2v) is 11.8. The minimum atomic E-state index is -1.03. The highest BCUT2D eigenvalue weighted by Gasteiger charge is 2.14. The fourth-order valence-corrected chi connectivity index (χ4v) is 5.01. The molecule has 1 amide bonds. The number of nitrogens with one attached hydrogen (secondary N) is 1. The van der Waals surface area contributed by atoms with Crippen LogP contribution in [0.5, 0.6) is 0 Å². The second kappa shape index (κ2) is 31.8. The van der Waals surface area contributed by atoms with Crippen LogP contribution in [-0.2, 0) is 19.1 Å². The first-order chi connectivity index (χ1) is 20.5. The lowest BCUT2D eigenvalue weighted by atomic mass is 10.0. The summed E-state index contributed by atoms with van der Waals surface area (Å²) in [4.78, 5) is 34.7. The number of esters is 1. The molecule has 244 valence electrons. The van der Waals surface area contributed by atoms with E-state index < -0.39 is 5.97 Å². The summed E-state index contributed by atoms with van der Waals surface area (Å²) in [5, 5.41) is 11.0. The lowest BCUT2D eigenvalue weighted by molar-refractivity contribution is -0.150. The number of rotatable bonds is 31. The monoisotopic (exact) mass is 591 g/mol. The average Bonchev–Trinajstić information content (AvgIpc) is 2.97. The zero-order chi connectivity index (χ0) is 30.9. The Kier molecular flexibility index (Phi) is 30.2. The van der Waals surface area contributed by atoms with Crippen molar-refractivity contribution in [2.45, 2.75) is 180 Å². The molecule has 0 heterocycles. The number of allylic oxidation sites excluding steroid dienone is 4. The molecular weight excluding hydrogens is 526 g/mol. The Morgan fingerprint density at radius 3 is 1.67 bits per heavy atom. The highest BCUT2D eigenvalue weighted by Crippen LogP contribution is 2.17. The lowest BCUT2D eigenvalue weighted by Gasteiger charge is -2.18. The van der Waals surface area contributed by atoms with Crippen molar-refractivity contribution >= 4 is 17.8 Å². The molecule has 0 aliphatic carbocycles. The van der Waals surface area contributed by atoms with E-state index in [-0.39, 0.29) is 24.5 Å². The molecule has 0 aliphatic heterocycles. The molecule has 0 aromatic carbocycles. The predicted molar refractivity (Wildman–Crippen MR) is 176 cm³/mol. The minimum absolute atomic E-state index is 0.0317. The molecule has 0 fully saturated rings. The van der Waals surface area contributed by atoms with Gasteiger partial charge in [-0.15, -0.1) is 0 Å². The molecule has 0 radical (unpaired) electrons. The van der Waals surface area contributed by atoms with Gasteiger partial charge in [-0.25, -0.2) is 0 Å². The van der Waals surface area contributed by atoms with Crippen molar-refractivity contribution in [2.24, 2.45) is 0 Å². The van der Waals surface area contributed by atoms with Gasteiger partial charge in [-0.3, -0.25) is 14.4 Å². The Bertz CT molecular complexity index is 703. The summed E-state index contributed by atoms with van der Waals surface area (Å²) in [6, 6.07) is 0. The summed E-state index contributed by atoms with van der Waals surface area (Å²) >= 11 is 0. The fourth-order valence-electron chi connectivity index (χ4n) is 5.01. The van der Waals surface area contributed by atoms with Gasteiger partial charge in [0.1, 0.15) is 12.6 Å². The van der Waals surface area contributed by atoms with Gasteiger partial charge in [-0.2, -0.15) is 0 Å². The van der Waals surface area contributed by atoms with Crippen molar-refractivity contribution in [3.05, 3.63) is 24.3 Å². The van der Waals surface area contributed by atoms with Gasteiger partial charge >= 0.3 is 11.9 Å². The van der Waals surface area contributed by atoms with Crippen molar-refractivity contribution in [1.82, 2.24) is 5.32 Å². The van der Waals surface area contributed by atoms with Crippen LogP contribution in [0.1, 0.15) is 174 Å². The minimum Gasteiger partial charge on any atom is -0.480 e. The topological polar surface area (TPSA) is 92.7 Å². The number of unbranched alkanes of at least 4 members (excludes halogenated alkanes) is 16. The number of carboxylic acids is 1. The third kappa shape index (κ3) is 30.8. The normalized spacial score (nSPS) is 12.2. The second-order valence-electron chi connectivity index (χ2n) is 11.8. The van der Waals surface area contributed by atoms with E-state index in [4.69, 9.17) is 9.84 Å². The summed E-state index contributed by atoms with van der Waals surface area (Å²) in [5.41, 5.74) is 0. The van der Waals surface area contributed by atoms with Gasteiger partial charge in [-0.1, -0.05) is 115 Å². The number of amides is 1. The van der Waals surface area contributed by atoms with Crippen LogP contribution in [0.25, 0.3) is 0 Å². The van der Waals surface area contributed by atoms with Crippen LogP contribution in [0.3, 0.4) is 0 Å². The van der Waals surface area contributed by atoms with E-state index in [0.717, 1.165) is 57.8 Å². The maximum absolute atomic E-state index is 12.5. The third-order valence-electron chi connectivity index (χ3n) is 7.63. The van der Waals surface area contributed by atoms with E-state index in [9.17, 15) is 14.4 Å². The highest BCUT2D eigenvalue weighted by molar-refractivity contribution is 5.80. The first kappa shape index (κ1) is 39.9. The number of hydrogen-bond donors (Lipinski definition) is 2. The molecule has 6 heteroatoms. The van der Waals surface area contributed by atoms with Crippen LogP contribution >= 0.6 is 0 Å². The molecule has 0 rings (SSSR count). The highest BCUT2D eigenvalue weighted by atomic mass is 16.5. The maximum Gasteiger partial charge on any atom is 0.322 e. The molecule has 0 aliphatic rings. The van der Waals surface area contributed by atoms with Gasteiger partial charge < -0.3 is 15.2 Å². The molecule has 0 aromatic rings. The van der Waals surface area contributed by atoms with Crippen molar-refractivity contribution in [2.75, 3.05) is 6.54 Å². The molecule has 42 heavy (non-hydrogen) atoms. The quantitative estimate of drug-likeness (QED) is 0.0475. The molecule has 0 saturated heterocycles. The van der Waals surface area contributed by atoms with Crippen LogP contribution in [0.15, 0.2) is 24.3 Å². The Hall–Kier alpha value is -2.11. The van der Waals surface area contributed by atoms with Gasteiger partial charge in [0.2, 0.25) is 5.91 Å². The number of carbonyl (C=O) groups excluding carboxylic acids is 2. The first-order valence-electron chi connectivity index (χ1n) is 17.5. The predicted octanol–water partition coefficient (Wildman–Crippen LogP) is 10.0. The summed E-state index contributed by atoms with van der Waals surface area (Å²) in [6.07, 6.45) is 36.0. The SMILES string of the molecule is CCCCCC/C=C\C/C=C\CCCCCCCCCC(=O)OC(CCCCCC)CCCCCC(=O)NCC(=O)O. The Labute approximate surface area is 258 Å². The van der Waals surface area contributed by atoms with Gasteiger partial charge in [0.25, 0.3) is 0 Å². The van der Waals surface area contributed by atoms with Crippen LogP contribution in [-0.4, -0.2) is 35.6 Å². The summed E-state index contributed by atoms with van der Waals surface area (Å²) in [5.74, 6) is -1.32. The average molecular weight is 592 g/mol. The van der Waals surface area contributed by atoms with Crippen molar-refractivity contribution in [1.29, 1.82) is 0 Å². The van der Waals surface area contributed by atoms with Crippen LogP contribution in [0.2, 0.25) is 0 Å². The molecule has 0 aromatic heterocycles. The maximum atomic E-state index is 12.5. The van der Waals surface area contributed by atoms with Crippen LogP contribution < -0.4 is 5.32 Å². The molecule has 0 bridgehead atoms. The number of carbonyl (C=O) groups is 3. The number of carboxylic acid groups (broad SMARTS) is 1. The Morgan fingerprint density at radius 1 is 0.619 bits per heavy atom. The van der Waals surface area contributed by atoms with E-state index in [2.05, 4.69) is 43.5 Å². The Morgan fingerprint density at radius 2 is 1.10 bits per heavy atom. The molecule has 1 atom stereocenters. The standard InChI is InChI=1S/C36H65NO5/c1-3-5-7-9-10-11-12-13-14-15-16-17-18-19-20-21-22-27-31-36(41)42-33(28-24-8-6-4-2)29-25-23-26-30-34(38)37-32-35(39)40/h11-12,14-15,33H,3-10,13,16-32H2,1-2H3,(H,37,38)(H,39,40)/b12-11-,15-14-. The smallest absolute Gasteiger partial charge is 0.322 e. The summed E-state index contributed by atoms with van der Waals surface area (Å²) in [7, 11) is 0. The van der Waals surface area contributed by atoms with Crippen molar-refractivity contribution in [3.8, 4) is 0 Å². The summed E-state index contributed by atoms with van der Waals surface area (Å²) < 4.78 is 5.86. The van der Waals surface area contributed by atoms with Crippen molar-refractivity contribution < 1.29 is 24.2 Å². The van der Waals surface area contributed by atoms with Gasteiger partial charge in [0, 0.05) is 12.8 Å². The number of hydrogen-bond acceptors (Lipinski definition) is 4. The number of ether oxygens (including phenoxy) is 1. The molecule has 6 nitrogen and oxygen atoms in total. The lowest BCUT2D eigenvalue weighted by Crippen LogP contribution is -2.28. The zero-order valence-electron chi connectivity index (χ0n) is 27.4. The largest absolute Gasteiger partial charge is 0.480 e. The van der Waals surface area contributed by atoms with E-state index in [1.54, 1.807) is 0 Å².